The van der Waals surface area contributed by atoms with E-state index in [0.717, 1.165) is 17.5 Å². The molecule has 2 atom stereocenters. The van der Waals surface area contributed by atoms with Crippen molar-refractivity contribution in [2.24, 2.45) is 0 Å². The van der Waals surface area contributed by atoms with Crippen molar-refractivity contribution < 1.29 is 19.1 Å². The van der Waals surface area contributed by atoms with E-state index >= 15 is 0 Å². The number of anilines is 1. The highest BCUT2D eigenvalue weighted by Crippen LogP contribution is 2.48. The Labute approximate surface area is 197 Å². The van der Waals surface area contributed by atoms with E-state index < -0.39 is 12.0 Å². The first-order valence-corrected chi connectivity index (χ1v) is 11.1. The Morgan fingerprint density at radius 3 is 2.52 bits per heavy atom. The highest BCUT2D eigenvalue weighted by molar-refractivity contribution is 6.30. The topological polar surface area (TPSA) is 67.9 Å². The van der Waals surface area contributed by atoms with Gasteiger partial charge in [0.15, 0.2) is 11.5 Å². The molecule has 3 aromatic rings. The van der Waals surface area contributed by atoms with Crippen LogP contribution >= 0.6 is 11.6 Å². The molecule has 0 fully saturated rings. The smallest absolute Gasteiger partial charge is 0.254 e. The lowest BCUT2D eigenvalue weighted by atomic mass is 9.75. The third-order valence-electron chi connectivity index (χ3n) is 6.40. The van der Waals surface area contributed by atoms with Crippen LogP contribution in [0.2, 0.25) is 5.02 Å². The maximum absolute atomic E-state index is 13.8. The number of methoxy groups -OCH3 is 2. The number of rotatable bonds is 4. The molecule has 0 bridgehead atoms. The summed E-state index contributed by atoms with van der Waals surface area (Å²) in [6.07, 6.45) is 0.740. The fraction of sp³-hybridized carbons (Fsp3) is 0.231. The zero-order valence-corrected chi connectivity index (χ0v) is 19.1. The van der Waals surface area contributed by atoms with Crippen LogP contribution in [0.3, 0.4) is 0 Å². The average molecular weight is 463 g/mol. The van der Waals surface area contributed by atoms with Gasteiger partial charge in [-0.15, -0.1) is 0 Å². The second-order valence-corrected chi connectivity index (χ2v) is 8.60. The van der Waals surface area contributed by atoms with Crippen LogP contribution in [-0.4, -0.2) is 37.5 Å². The van der Waals surface area contributed by atoms with Crippen LogP contribution in [0.25, 0.3) is 0 Å². The average Bonchev–Trinajstić information content (AvgIpc) is 2.83. The lowest BCUT2D eigenvalue weighted by molar-refractivity contribution is -0.119. The largest absolute Gasteiger partial charge is 0.493 e. The molecule has 1 N–H and O–H groups in total. The van der Waals surface area contributed by atoms with E-state index in [-0.39, 0.29) is 11.8 Å². The van der Waals surface area contributed by atoms with Crippen LogP contribution in [0.1, 0.15) is 39.0 Å². The molecule has 33 heavy (non-hydrogen) atoms. The molecule has 7 heteroatoms. The van der Waals surface area contributed by atoms with Crippen molar-refractivity contribution in [2.75, 3.05) is 26.1 Å². The predicted molar refractivity (Wildman–Crippen MR) is 126 cm³/mol. The lowest BCUT2D eigenvalue weighted by Gasteiger charge is -2.45. The predicted octanol–water partition coefficient (Wildman–Crippen LogP) is 4.83. The first-order chi connectivity index (χ1) is 16.0. The third-order valence-corrected chi connectivity index (χ3v) is 6.64. The highest BCUT2D eigenvalue weighted by atomic mass is 35.5. The van der Waals surface area contributed by atoms with Crippen molar-refractivity contribution >= 4 is 29.1 Å². The number of carbonyl (C=O) groups is 2. The fourth-order valence-corrected chi connectivity index (χ4v) is 5.11. The van der Waals surface area contributed by atoms with Gasteiger partial charge in [-0.1, -0.05) is 41.9 Å². The summed E-state index contributed by atoms with van der Waals surface area (Å²) in [5.74, 6) is -0.0447. The van der Waals surface area contributed by atoms with E-state index in [1.54, 1.807) is 41.3 Å². The first-order valence-electron chi connectivity index (χ1n) is 10.7. The quantitative estimate of drug-likeness (QED) is 0.602. The summed E-state index contributed by atoms with van der Waals surface area (Å²) >= 11 is 6.13. The molecule has 2 amide bonds. The number of ether oxygens (including phenoxy) is 2. The molecule has 3 aromatic carbocycles. The number of carbonyl (C=O) groups excluding carboxylic acids is 2. The molecule has 168 valence electrons. The van der Waals surface area contributed by atoms with Crippen molar-refractivity contribution in [3.8, 4) is 11.5 Å². The van der Waals surface area contributed by atoms with Gasteiger partial charge in [0, 0.05) is 22.8 Å². The van der Waals surface area contributed by atoms with Gasteiger partial charge in [0.25, 0.3) is 5.91 Å². The van der Waals surface area contributed by atoms with Gasteiger partial charge in [0.2, 0.25) is 5.91 Å². The number of fused-ring (bicyclic) bond motifs is 4. The second kappa shape index (κ2) is 8.45. The molecule has 2 heterocycles. The normalized spacial score (nSPS) is 18.6. The Morgan fingerprint density at radius 2 is 1.76 bits per heavy atom. The Morgan fingerprint density at radius 1 is 1.00 bits per heavy atom. The number of halogens is 1. The summed E-state index contributed by atoms with van der Waals surface area (Å²) in [6, 6.07) is 18.0. The molecule has 0 aromatic heterocycles. The van der Waals surface area contributed by atoms with Crippen LogP contribution in [-0.2, 0) is 11.2 Å². The standard InChI is InChI=1S/C26H23ClN2O4/c1-32-21-13-19-20(14-22(21)33-2)26(31)29-11-10-15-6-3-4-9-18(15)24(29)23(19)25(30)28-17-8-5-7-16(27)12-17/h3-9,12-14,23-24H,10-11H2,1-2H3,(H,28,30)/t23-,24-/m0/s1. The number of hydrogen-bond donors (Lipinski definition) is 1. The van der Waals surface area contributed by atoms with E-state index in [4.69, 9.17) is 21.1 Å². The zero-order valence-electron chi connectivity index (χ0n) is 18.3. The molecular weight excluding hydrogens is 440 g/mol. The zero-order chi connectivity index (χ0) is 23.1. The van der Waals surface area contributed by atoms with Crippen LogP contribution in [0.5, 0.6) is 11.5 Å². The molecule has 0 spiro atoms. The monoisotopic (exact) mass is 462 g/mol. The van der Waals surface area contributed by atoms with Crippen molar-refractivity contribution in [1.29, 1.82) is 0 Å². The number of amides is 2. The first kappa shape index (κ1) is 21.3. The van der Waals surface area contributed by atoms with Crippen LogP contribution in [0.4, 0.5) is 5.69 Å². The Bertz CT molecular complexity index is 1260. The van der Waals surface area contributed by atoms with E-state index in [0.29, 0.717) is 39.9 Å². The van der Waals surface area contributed by atoms with Gasteiger partial charge >= 0.3 is 0 Å². The minimum absolute atomic E-state index is 0.114. The summed E-state index contributed by atoms with van der Waals surface area (Å²) in [6.45, 7) is 0.537. The van der Waals surface area contributed by atoms with Crippen molar-refractivity contribution in [2.45, 2.75) is 18.4 Å². The van der Waals surface area contributed by atoms with Crippen LogP contribution in [0.15, 0.2) is 60.7 Å². The molecule has 5 rings (SSSR count). The Balaban J connectivity index is 1.68. The third kappa shape index (κ3) is 3.60. The van der Waals surface area contributed by atoms with Gasteiger partial charge < -0.3 is 19.7 Å². The van der Waals surface area contributed by atoms with Gasteiger partial charge in [0.1, 0.15) is 0 Å². The van der Waals surface area contributed by atoms with Crippen LogP contribution in [0, 0.1) is 0 Å². The number of nitrogens with one attached hydrogen (secondary N) is 1. The van der Waals surface area contributed by atoms with Gasteiger partial charge in [-0.2, -0.15) is 0 Å². The van der Waals surface area contributed by atoms with E-state index in [1.807, 2.05) is 18.2 Å². The minimum atomic E-state index is -0.641. The number of nitrogens with zero attached hydrogens (tertiary/aromatic N) is 1. The highest BCUT2D eigenvalue weighted by Gasteiger charge is 2.47. The molecule has 0 saturated heterocycles. The summed E-state index contributed by atoms with van der Waals surface area (Å²) in [4.78, 5) is 29.2. The fourth-order valence-electron chi connectivity index (χ4n) is 4.92. The summed E-state index contributed by atoms with van der Waals surface area (Å²) in [5.41, 5.74) is 3.81. The second-order valence-electron chi connectivity index (χ2n) is 8.16. The molecule has 2 aliphatic heterocycles. The van der Waals surface area contributed by atoms with Gasteiger partial charge in [0.05, 0.1) is 26.2 Å². The van der Waals surface area contributed by atoms with Crippen molar-refractivity contribution in [3.05, 3.63) is 87.9 Å². The van der Waals surface area contributed by atoms with E-state index in [2.05, 4.69) is 11.4 Å². The van der Waals surface area contributed by atoms with Gasteiger partial charge in [-0.25, -0.2) is 0 Å². The number of benzene rings is 3. The molecule has 2 aliphatic rings. The van der Waals surface area contributed by atoms with Gasteiger partial charge in [-0.05, 0) is 53.4 Å². The van der Waals surface area contributed by atoms with Crippen LogP contribution < -0.4 is 14.8 Å². The molecule has 0 aliphatic carbocycles. The lowest BCUT2D eigenvalue weighted by Crippen LogP contribution is -2.49. The van der Waals surface area contributed by atoms with Gasteiger partial charge in [-0.3, -0.25) is 9.59 Å². The summed E-state index contributed by atoms with van der Waals surface area (Å²) < 4.78 is 10.9. The molecular formula is C26H23ClN2O4. The molecule has 0 radical (unpaired) electrons. The minimum Gasteiger partial charge on any atom is -0.493 e. The maximum Gasteiger partial charge on any atom is 0.254 e. The Hall–Kier alpha value is -3.51. The summed E-state index contributed by atoms with van der Waals surface area (Å²) in [5, 5.41) is 3.54. The molecule has 0 saturated carbocycles. The number of hydrogen-bond acceptors (Lipinski definition) is 4. The SMILES string of the molecule is COc1cc2c(cc1OC)[C@H](C(=O)Nc1cccc(Cl)c1)[C@@H]1c3ccccc3CCN1C2=O. The molecule has 6 nitrogen and oxygen atoms in total. The Kier molecular flexibility index (Phi) is 5.46. The summed E-state index contributed by atoms with van der Waals surface area (Å²) in [7, 11) is 3.07. The van der Waals surface area contributed by atoms with E-state index in [1.165, 1.54) is 14.2 Å². The van der Waals surface area contributed by atoms with Crippen molar-refractivity contribution in [1.82, 2.24) is 4.90 Å². The van der Waals surface area contributed by atoms with Crippen molar-refractivity contribution in [3.63, 3.8) is 0 Å². The maximum atomic E-state index is 13.8. The molecule has 0 unspecified atom stereocenters. The van der Waals surface area contributed by atoms with E-state index in [9.17, 15) is 9.59 Å².